The number of hydrogen-bond donors (Lipinski definition) is 2. The summed E-state index contributed by atoms with van der Waals surface area (Å²) in [5, 5.41) is 12.5. The van der Waals surface area contributed by atoms with Crippen molar-refractivity contribution >= 4 is 17.7 Å². The number of amides is 2. The van der Waals surface area contributed by atoms with Crippen LogP contribution in [0.4, 0.5) is 10.5 Å². The van der Waals surface area contributed by atoms with Crippen LogP contribution in [0.3, 0.4) is 0 Å². The number of ether oxygens (including phenoxy) is 5. The van der Waals surface area contributed by atoms with Crippen LogP contribution in [0.1, 0.15) is 41.9 Å². The van der Waals surface area contributed by atoms with Crippen LogP contribution in [-0.2, 0) is 32.2 Å². The summed E-state index contributed by atoms with van der Waals surface area (Å²) >= 11 is 0. The molecule has 0 bridgehead atoms. The summed E-state index contributed by atoms with van der Waals surface area (Å²) in [4.78, 5) is 25.2. The second kappa shape index (κ2) is 17.2. The summed E-state index contributed by atoms with van der Waals surface area (Å²) in [7, 11) is 3.21. The third kappa shape index (κ3) is 9.97. The molecular formula is C34H42N2O8. The van der Waals surface area contributed by atoms with E-state index >= 15 is 0 Å². The highest BCUT2D eigenvalue weighted by molar-refractivity contribution is 5.90. The largest absolute Gasteiger partial charge is 0.496 e. The van der Waals surface area contributed by atoms with Gasteiger partial charge < -0.3 is 39.0 Å². The number of carboxylic acid groups (broad SMARTS) is 1. The Balaban J connectivity index is 1.28. The van der Waals surface area contributed by atoms with Gasteiger partial charge >= 0.3 is 6.09 Å². The number of rotatable bonds is 16. The van der Waals surface area contributed by atoms with Gasteiger partial charge in [-0.15, -0.1) is 0 Å². The smallest absolute Gasteiger partial charge is 0.407 e. The Hall–Kier alpha value is -4.12. The number of carbonyl (C=O) groups is 2. The van der Waals surface area contributed by atoms with Crippen LogP contribution < -0.4 is 14.8 Å². The zero-order valence-electron chi connectivity index (χ0n) is 25.4. The predicted molar refractivity (Wildman–Crippen MR) is 166 cm³/mol. The first-order valence-electron chi connectivity index (χ1n) is 14.9. The van der Waals surface area contributed by atoms with Crippen molar-refractivity contribution in [2.45, 2.75) is 44.5 Å². The molecule has 0 radical (unpaired) electrons. The van der Waals surface area contributed by atoms with E-state index < -0.39 is 6.09 Å². The number of methoxy groups -OCH3 is 2. The van der Waals surface area contributed by atoms with Crippen LogP contribution in [-0.4, -0.2) is 75.2 Å². The number of likely N-dealkylation sites (tertiary alicyclic amines) is 1. The predicted octanol–water partition coefficient (Wildman–Crippen LogP) is 5.71. The van der Waals surface area contributed by atoms with Crippen molar-refractivity contribution in [1.82, 2.24) is 4.90 Å². The molecule has 2 unspecified atom stereocenters. The molecule has 0 aromatic heterocycles. The highest BCUT2D eigenvalue weighted by Crippen LogP contribution is 2.32. The lowest BCUT2D eigenvalue weighted by Gasteiger charge is -2.37. The van der Waals surface area contributed by atoms with Crippen molar-refractivity contribution in [2.75, 3.05) is 52.4 Å². The lowest BCUT2D eigenvalue weighted by Crippen LogP contribution is -2.46. The highest BCUT2D eigenvalue weighted by Gasteiger charge is 2.33. The first-order valence-corrected chi connectivity index (χ1v) is 14.9. The van der Waals surface area contributed by atoms with Gasteiger partial charge in [0.25, 0.3) is 0 Å². The van der Waals surface area contributed by atoms with E-state index in [9.17, 15) is 14.7 Å². The van der Waals surface area contributed by atoms with Crippen LogP contribution in [0.15, 0.2) is 72.8 Å². The Bertz CT molecular complexity index is 1330. The second-order valence-electron chi connectivity index (χ2n) is 10.6. The van der Waals surface area contributed by atoms with E-state index in [1.165, 1.54) is 4.90 Å². The molecule has 1 aliphatic rings. The fraction of sp³-hybridized carbons (Fsp3) is 0.412. The van der Waals surface area contributed by atoms with Crippen molar-refractivity contribution < 1.29 is 38.4 Å². The van der Waals surface area contributed by atoms with Gasteiger partial charge in [0.15, 0.2) is 0 Å². The molecule has 1 fully saturated rings. The van der Waals surface area contributed by atoms with Gasteiger partial charge in [-0.3, -0.25) is 4.79 Å². The molecule has 3 aromatic rings. The number of nitrogens with zero attached hydrogens (tertiary/aromatic N) is 1. The summed E-state index contributed by atoms with van der Waals surface area (Å²) in [6.07, 6.45) is 0.393. The van der Waals surface area contributed by atoms with Crippen molar-refractivity contribution in [2.24, 2.45) is 0 Å². The van der Waals surface area contributed by atoms with Crippen molar-refractivity contribution in [3.63, 3.8) is 0 Å². The first kappa shape index (κ1) is 32.8. The standard InChI is InChI=1S/C34H42N2O8/c1-40-20-16-33(37)35-28-9-5-7-25(21-28)23-44-32-22-36(34(38)39)17-15-30(32)26-11-13-29(14-12-26)43-19-6-18-42-24-27-8-3-4-10-31(27)41-2/h3-5,7-14,21,30,32H,6,15-20,22-24H2,1-2H3,(H,35,37)(H,38,39). The molecule has 1 saturated heterocycles. The zero-order chi connectivity index (χ0) is 31.1. The maximum Gasteiger partial charge on any atom is 0.407 e. The van der Waals surface area contributed by atoms with E-state index in [1.54, 1.807) is 14.2 Å². The molecular weight excluding hydrogens is 564 g/mol. The molecule has 0 aliphatic carbocycles. The minimum atomic E-state index is -0.951. The Labute approximate surface area is 258 Å². The minimum Gasteiger partial charge on any atom is -0.496 e. The average Bonchev–Trinajstić information content (AvgIpc) is 3.05. The Morgan fingerprint density at radius 2 is 1.77 bits per heavy atom. The van der Waals surface area contributed by atoms with Gasteiger partial charge in [-0.1, -0.05) is 42.5 Å². The molecule has 3 aromatic carbocycles. The molecule has 10 heteroatoms. The van der Waals surface area contributed by atoms with E-state index in [-0.39, 0.29) is 37.5 Å². The number of carbonyl (C=O) groups excluding carboxylic acids is 1. The summed E-state index contributed by atoms with van der Waals surface area (Å²) in [6, 6.07) is 23.2. The van der Waals surface area contributed by atoms with E-state index in [2.05, 4.69) is 5.32 Å². The van der Waals surface area contributed by atoms with Gasteiger partial charge in [0.2, 0.25) is 5.91 Å². The molecule has 2 N–H and O–H groups in total. The van der Waals surface area contributed by atoms with E-state index in [0.717, 1.165) is 34.6 Å². The Morgan fingerprint density at radius 3 is 2.55 bits per heavy atom. The third-order valence-corrected chi connectivity index (χ3v) is 7.50. The Kier molecular flexibility index (Phi) is 12.8. The quantitative estimate of drug-likeness (QED) is 0.199. The first-order chi connectivity index (χ1) is 21.5. The maximum absolute atomic E-state index is 12.1. The van der Waals surface area contributed by atoms with Crippen molar-refractivity contribution in [3.05, 3.63) is 89.5 Å². The fourth-order valence-corrected chi connectivity index (χ4v) is 5.17. The normalized spacial score (nSPS) is 16.4. The fourth-order valence-electron chi connectivity index (χ4n) is 5.17. The topological polar surface area (TPSA) is 116 Å². The number of nitrogens with one attached hydrogen (secondary N) is 1. The van der Waals surface area contributed by atoms with E-state index in [0.29, 0.717) is 45.1 Å². The molecule has 0 spiro atoms. The van der Waals surface area contributed by atoms with Gasteiger partial charge in [-0.05, 0) is 47.9 Å². The molecule has 10 nitrogen and oxygen atoms in total. The van der Waals surface area contributed by atoms with E-state index in [4.69, 9.17) is 23.7 Å². The SMILES string of the molecule is COCCC(=O)Nc1cccc(COC2CN(C(=O)O)CCC2c2ccc(OCCCOCc3ccccc3OC)cc2)c1. The van der Waals surface area contributed by atoms with Crippen LogP contribution in [0, 0.1) is 0 Å². The van der Waals surface area contributed by atoms with Crippen LogP contribution in [0.2, 0.25) is 0 Å². The summed E-state index contributed by atoms with van der Waals surface area (Å²) in [5.41, 5.74) is 3.65. The Morgan fingerprint density at radius 1 is 0.955 bits per heavy atom. The van der Waals surface area contributed by atoms with Gasteiger partial charge in [-0.2, -0.15) is 0 Å². The molecule has 0 saturated carbocycles. The lowest BCUT2D eigenvalue weighted by atomic mass is 9.87. The van der Waals surface area contributed by atoms with Crippen LogP contribution >= 0.6 is 0 Å². The lowest BCUT2D eigenvalue weighted by molar-refractivity contribution is -0.117. The maximum atomic E-state index is 12.1. The summed E-state index contributed by atoms with van der Waals surface area (Å²) in [5.74, 6) is 1.49. The minimum absolute atomic E-state index is 0.0277. The molecule has 1 aliphatic heterocycles. The molecule has 2 amide bonds. The molecule has 4 rings (SSSR count). The molecule has 236 valence electrons. The van der Waals surface area contributed by atoms with Crippen molar-refractivity contribution in [1.29, 1.82) is 0 Å². The number of hydrogen-bond acceptors (Lipinski definition) is 7. The zero-order valence-corrected chi connectivity index (χ0v) is 25.4. The van der Waals surface area contributed by atoms with Gasteiger partial charge in [-0.25, -0.2) is 4.79 Å². The number of benzene rings is 3. The molecule has 1 heterocycles. The van der Waals surface area contributed by atoms with E-state index in [1.807, 2.05) is 72.8 Å². The average molecular weight is 607 g/mol. The number of anilines is 1. The molecule has 2 atom stereocenters. The monoisotopic (exact) mass is 606 g/mol. The second-order valence-corrected chi connectivity index (χ2v) is 10.6. The molecule has 44 heavy (non-hydrogen) atoms. The summed E-state index contributed by atoms with van der Waals surface area (Å²) < 4.78 is 28.4. The van der Waals surface area contributed by atoms with Crippen LogP contribution in [0.5, 0.6) is 11.5 Å². The van der Waals surface area contributed by atoms with Crippen molar-refractivity contribution in [3.8, 4) is 11.5 Å². The van der Waals surface area contributed by atoms with Gasteiger partial charge in [0, 0.05) is 37.2 Å². The number of piperidine rings is 1. The van der Waals surface area contributed by atoms with Crippen LogP contribution in [0.25, 0.3) is 0 Å². The summed E-state index contributed by atoms with van der Waals surface area (Å²) in [6.45, 7) is 2.94. The highest BCUT2D eigenvalue weighted by atomic mass is 16.5. The number of para-hydroxylation sites is 1. The third-order valence-electron chi connectivity index (χ3n) is 7.50. The van der Waals surface area contributed by atoms with Gasteiger partial charge in [0.1, 0.15) is 11.5 Å². The van der Waals surface area contributed by atoms with Gasteiger partial charge in [0.05, 0.1) is 59.2 Å².